The van der Waals surface area contributed by atoms with Crippen LogP contribution in [0.25, 0.3) is 0 Å². The highest BCUT2D eigenvalue weighted by Gasteiger charge is 2.01. The van der Waals surface area contributed by atoms with Crippen molar-refractivity contribution in [3.05, 3.63) is 18.2 Å². The van der Waals surface area contributed by atoms with Gasteiger partial charge in [-0.25, -0.2) is 4.98 Å². The predicted octanol–water partition coefficient (Wildman–Crippen LogP) is 0.258. The number of nitrogens with one attached hydrogen (secondary N) is 1. The van der Waals surface area contributed by atoms with Crippen molar-refractivity contribution in [1.82, 2.24) is 14.9 Å². The Labute approximate surface area is 89.7 Å². The molecule has 3 N–H and O–H groups in total. The molecule has 0 radical (unpaired) electrons. The maximum atomic E-state index is 10.5. The van der Waals surface area contributed by atoms with E-state index in [9.17, 15) is 4.79 Å². The molecule has 0 aliphatic heterocycles. The molecule has 1 heterocycles. The lowest BCUT2D eigenvalue weighted by molar-refractivity contribution is -0.117. The van der Waals surface area contributed by atoms with Crippen molar-refractivity contribution in [3.8, 4) is 0 Å². The summed E-state index contributed by atoms with van der Waals surface area (Å²) in [5.41, 5.74) is 5.03. The highest BCUT2D eigenvalue weighted by atomic mass is 16.1. The van der Waals surface area contributed by atoms with Gasteiger partial charge in [-0.05, 0) is 6.42 Å². The van der Waals surface area contributed by atoms with E-state index in [1.54, 1.807) is 6.20 Å². The number of nitrogens with zero attached hydrogens (tertiary/aromatic N) is 2. The van der Waals surface area contributed by atoms with Crippen LogP contribution in [0, 0.1) is 0 Å². The molecule has 1 rings (SSSR count). The van der Waals surface area contributed by atoms with Gasteiger partial charge in [0.2, 0.25) is 5.91 Å². The van der Waals surface area contributed by atoms with Crippen LogP contribution in [0.3, 0.4) is 0 Å². The minimum absolute atomic E-state index is 0.278. The van der Waals surface area contributed by atoms with Gasteiger partial charge in [0, 0.05) is 31.9 Å². The Balaban J connectivity index is 2.30. The van der Waals surface area contributed by atoms with Gasteiger partial charge in [0.15, 0.2) is 0 Å². The van der Waals surface area contributed by atoms with Crippen LogP contribution in [-0.2, 0) is 17.9 Å². The molecule has 0 saturated heterocycles. The third-order valence-electron chi connectivity index (χ3n) is 2.10. The molecule has 0 aliphatic carbocycles. The molecule has 0 unspecified atom stereocenters. The van der Waals surface area contributed by atoms with E-state index in [1.807, 2.05) is 6.20 Å². The third-order valence-corrected chi connectivity index (χ3v) is 2.10. The normalized spacial score (nSPS) is 10.5. The first-order valence-electron chi connectivity index (χ1n) is 5.23. The molecule has 15 heavy (non-hydrogen) atoms. The summed E-state index contributed by atoms with van der Waals surface area (Å²) in [5, 5.41) is 3.13. The zero-order valence-corrected chi connectivity index (χ0v) is 9.07. The van der Waals surface area contributed by atoms with Crippen LogP contribution in [0.1, 0.15) is 25.6 Å². The number of aryl methyl sites for hydroxylation is 1. The first-order chi connectivity index (χ1) is 7.24. The molecule has 0 atom stereocenters. The first kappa shape index (κ1) is 11.7. The summed E-state index contributed by atoms with van der Waals surface area (Å²) in [6, 6.07) is 0. The zero-order valence-electron chi connectivity index (χ0n) is 9.07. The molecule has 0 bridgehead atoms. The van der Waals surface area contributed by atoms with Crippen molar-refractivity contribution in [2.45, 2.75) is 32.9 Å². The Hall–Kier alpha value is -1.36. The van der Waals surface area contributed by atoms with E-state index in [0.29, 0.717) is 19.5 Å². The smallest absolute Gasteiger partial charge is 0.218 e. The molecule has 1 amide bonds. The van der Waals surface area contributed by atoms with Gasteiger partial charge in [-0.3, -0.25) is 4.79 Å². The van der Waals surface area contributed by atoms with Crippen LogP contribution in [0.2, 0.25) is 0 Å². The minimum Gasteiger partial charge on any atom is -0.370 e. The standard InChI is InChI=1S/C10H18N4O/c1-2-6-14-7-5-13-10(14)8-12-4-3-9(11)15/h5,7,12H,2-4,6,8H2,1H3,(H2,11,15). The molecular formula is C10H18N4O. The number of hydrogen-bond acceptors (Lipinski definition) is 3. The quantitative estimate of drug-likeness (QED) is 0.634. The van der Waals surface area contributed by atoms with E-state index in [4.69, 9.17) is 5.73 Å². The summed E-state index contributed by atoms with van der Waals surface area (Å²) >= 11 is 0. The van der Waals surface area contributed by atoms with Gasteiger partial charge in [-0.2, -0.15) is 0 Å². The Kier molecular flexibility index (Phi) is 4.83. The van der Waals surface area contributed by atoms with Crippen LogP contribution >= 0.6 is 0 Å². The maximum Gasteiger partial charge on any atom is 0.218 e. The molecule has 1 aromatic heterocycles. The summed E-state index contributed by atoms with van der Waals surface area (Å²) in [6.45, 7) is 4.39. The molecule has 5 nitrogen and oxygen atoms in total. The van der Waals surface area contributed by atoms with E-state index >= 15 is 0 Å². The SMILES string of the molecule is CCCn1ccnc1CNCCC(N)=O. The Morgan fingerprint density at radius 2 is 2.47 bits per heavy atom. The van der Waals surface area contributed by atoms with Gasteiger partial charge in [0.1, 0.15) is 5.82 Å². The van der Waals surface area contributed by atoms with Crippen molar-refractivity contribution in [2.75, 3.05) is 6.54 Å². The molecule has 0 fully saturated rings. The number of carbonyl (C=O) groups excluding carboxylic acids is 1. The van der Waals surface area contributed by atoms with Crippen molar-refractivity contribution in [2.24, 2.45) is 5.73 Å². The number of amides is 1. The molecule has 84 valence electrons. The van der Waals surface area contributed by atoms with Crippen molar-refractivity contribution < 1.29 is 4.79 Å². The van der Waals surface area contributed by atoms with E-state index in [1.165, 1.54) is 0 Å². The average Bonchev–Trinajstić information content (AvgIpc) is 2.61. The number of rotatable bonds is 7. The summed E-state index contributed by atoms with van der Waals surface area (Å²) in [5.74, 6) is 0.723. The first-order valence-corrected chi connectivity index (χ1v) is 5.23. The lowest BCUT2D eigenvalue weighted by Gasteiger charge is -2.06. The fourth-order valence-corrected chi connectivity index (χ4v) is 1.36. The molecule has 5 heteroatoms. The summed E-state index contributed by atoms with van der Waals surface area (Å²) in [4.78, 5) is 14.7. The maximum absolute atomic E-state index is 10.5. The molecule has 0 aromatic carbocycles. The van der Waals surface area contributed by atoms with Gasteiger partial charge in [0.05, 0.1) is 6.54 Å². The highest BCUT2D eigenvalue weighted by Crippen LogP contribution is 1.98. The fourth-order valence-electron chi connectivity index (χ4n) is 1.36. The Morgan fingerprint density at radius 3 is 3.13 bits per heavy atom. The monoisotopic (exact) mass is 210 g/mol. The number of aromatic nitrogens is 2. The lowest BCUT2D eigenvalue weighted by Crippen LogP contribution is -2.23. The zero-order chi connectivity index (χ0) is 11.1. The second-order valence-corrected chi connectivity index (χ2v) is 3.43. The Morgan fingerprint density at radius 1 is 1.67 bits per heavy atom. The lowest BCUT2D eigenvalue weighted by atomic mass is 10.4. The second kappa shape index (κ2) is 6.19. The van der Waals surface area contributed by atoms with Crippen LogP contribution in [0.5, 0.6) is 0 Å². The van der Waals surface area contributed by atoms with Gasteiger partial charge in [-0.1, -0.05) is 6.92 Å². The molecular weight excluding hydrogens is 192 g/mol. The topological polar surface area (TPSA) is 72.9 Å². The number of primary amides is 1. The predicted molar refractivity (Wildman–Crippen MR) is 58.0 cm³/mol. The summed E-state index contributed by atoms with van der Waals surface area (Å²) in [6.07, 6.45) is 5.22. The number of nitrogens with two attached hydrogens (primary N) is 1. The van der Waals surface area contributed by atoms with Crippen LogP contribution < -0.4 is 11.1 Å². The molecule has 1 aromatic rings. The van der Waals surface area contributed by atoms with Crippen LogP contribution in [0.4, 0.5) is 0 Å². The Bertz CT molecular complexity index is 308. The van der Waals surface area contributed by atoms with Gasteiger partial charge in [-0.15, -0.1) is 0 Å². The number of carbonyl (C=O) groups is 1. The van der Waals surface area contributed by atoms with E-state index in [0.717, 1.165) is 18.8 Å². The van der Waals surface area contributed by atoms with Crippen LogP contribution in [-0.4, -0.2) is 22.0 Å². The number of hydrogen-bond donors (Lipinski definition) is 2. The second-order valence-electron chi connectivity index (χ2n) is 3.43. The average molecular weight is 210 g/mol. The largest absolute Gasteiger partial charge is 0.370 e. The molecule has 0 spiro atoms. The summed E-state index contributed by atoms with van der Waals surface area (Å²) in [7, 11) is 0. The van der Waals surface area contributed by atoms with Crippen molar-refractivity contribution in [1.29, 1.82) is 0 Å². The minimum atomic E-state index is -0.278. The highest BCUT2D eigenvalue weighted by molar-refractivity contribution is 5.73. The third kappa shape index (κ3) is 4.12. The van der Waals surface area contributed by atoms with E-state index in [2.05, 4.69) is 21.8 Å². The van der Waals surface area contributed by atoms with Gasteiger partial charge >= 0.3 is 0 Å². The summed E-state index contributed by atoms with van der Waals surface area (Å²) < 4.78 is 2.11. The van der Waals surface area contributed by atoms with Crippen LogP contribution in [0.15, 0.2) is 12.4 Å². The number of imidazole rings is 1. The van der Waals surface area contributed by atoms with Crippen molar-refractivity contribution in [3.63, 3.8) is 0 Å². The van der Waals surface area contributed by atoms with E-state index < -0.39 is 0 Å². The van der Waals surface area contributed by atoms with Gasteiger partial charge in [0.25, 0.3) is 0 Å². The van der Waals surface area contributed by atoms with Gasteiger partial charge < -0.3 is 15.6 Å². The fraction of sp³-hybridized carbons (Fsp3) is 0.600. The van der Waals surface area contributed by atoms with Crippen molar-refractivity contribution >= 4 is 5.91 Å². The molecule has 0 saturated carbocycles. The van der Waals surface area contributed by atoms with E-state index in [-0.39, 0.29) is 5.91 Å². The molecule has 0 aliphatic rings.